The molecule has 0 aliphatic rings. The maximum atomic E-state index is 12.5. The lowest BCUT2D eigenvalue weighted by atomic mass is 10.0. The standard InChI is InChI=1S/C29H24F3N5O2S/c1-17-5-4-6-24(38-3)25(17)34-28(40)35-33-16-18-7-13-22-20(15-18)10-14-23-26(22)36-37(2)27(23)19-8-11-21(12-9-19)39-29(30,31)32/h4-16H,1-3H3,(H2,34,35,40). The van der Waals surface area contributed by atoms with E-state index in [2.05, 4.69) is 20.6 Å². The molecule has 204 valence electrons. The van der Waals surface area contributed by atoms with Gasteiger partial charge in [-0.3, -0.25) is 10.1 Å². The zero-order chi connectivity index (χ0) is 28.4. The highest BCUT2D eigenvalue weighted by atomic mass is 32.1. The molecule has 4 aromatic carbocycles. The molecule has 40 heavy (non-hydrogen) atoms. The quantitative estimate of drug-likeness (QED) is 0.133. The van der Waals surface area contributed by atoms with Gasteiger partial charge in [0.25, 0.3) is 0 Å². The van der Waals surface area contributed by atoms with E-state index in [9.17, 15) is 13.2 Å². The lowest BCUT2D eigenvalue weighted by Gasteiger charge is -2.13. The fourth-order valence-electron chi connectivity index (χ4n) is 4.52. The number of ether oxygens (including phenoxy) is 2. The number of rotatable bonds is 6. The van der Waals surface area contributed by atoms with Gasteiger partial charge in [0.2, 0.25) is 0 Å². The van der Waals surface area contributed by atoms with Crippen molar-refractivity contribution < 1.29 is 22.6 Å². The van der Waals surface area contributed by atoms with Crippen LogP contribution < -0.4 is 20.2 Å². The summed E-state index contributed by atoms with van der Waals surface area (Å²) in [6.45, 7) is 1.95. The Morgan fingerprint density at radius 2 is 1.77 bits per heavy atom. The largest absolute Gasteiger partial charge is 0.573 e. The molecule has 5 rings (SSSR count). The molecule has 0 amide bonds. The third-order valence-electron chi connectivity index (χ3n) is 6.28. The number of aryl methyl sites for hydroxylation is 2. The van der Waals surface area contributed by atoms with Crippen molar-refractivity contribution in [2.75, 3.05) is 12.4 Å². The van der Waals surface area contributed by atoms with Gasteiger partial charge in [0.1, 0.15) is 17.0 Å². The summed E-state index contributed by atoms with van der Waals surface area (Å²) in [5, 5.41) is 15.2. The average molecular weight is 564 g/mol. The Hall–Kier alpha value is -4.64. The second-order valence-electron chi connectivity index (χ2n) is 8.96. The van der Waals surface area contributed by atoms with Crippen LogP contribution in [0.1, 0.15) is 11.1 Å². The van der Waals surface area contributed by atoms with Crippen molar-refractivity contribution in [3.05, 3.63) is 83.9 Å². The maximum Gasteiger partial charge on any atom is 0.573 e. The molecule has 0 aliphatic carbocycles. The van der Waals surface area contributed by atoms with E-state index in [4.69, 9.17) is 22.1 Å². The number of hydrogen-bond donors (Lipinski definition) is 2. The number of aromatic nitrogens is 2. The number of methoxy groups -OCH3 is 1. The van der Waals surface area contributed by atoms with Crippen LogP contribution in [0, 0.1) is 6.92 Å². The lowest BCUT2D eigenvalue weighted by molar-refractivity contribution is -0.274. The number of thiocarbonyl (C=S) groups is 1. The van der Waals surface area contributed by atoms with Crippen LogP contribution in [-0.2, 0) is 7.05 Å². The van der Waals surface area contributed by atoms with Gasteiger partial charge < -0.3 is 14.8 Å². The fraction of sp³-hybridized carbons (Fsp3) is 0.138. The van der Waals surface area contributed by atoms with Gasteiger partial charge in [0.15, 0.2) is 5.11 Å². The summed E-state index contributed by atoms with van der Waals surface area (Å²) < 4.78 is 48.7. The molecule has 0 fully saturated rings. The number of anilines is 1. The summed E-state index contributed by atoms with van der Waals surface area (Å²) >= 11 is 5.37. The summed E-state index contributed by atoms with van der Waals surface area (Å²) in [6, 6.07) is 21.3. The van der Waals surface area contributed by atoms with Crippen molar-refractivity contribution in [1.29, 1.82) is 0 Å². The van der Waals surface area contributed by atoms with Crippen LogP contribution in [-0.4, -0.2) is 34.6 Å². The third kappa shape index (κ3) is 5.69. The van der Waals surface area contributed by atoms with Gasteiger partial charge in [0, 0.05) is 23.4 Å². The van der Waals surface area contributed by atoms with Crippen molar-refractivity contribution in [2.45, 2.75) is 13.3 Å². The number of para-hydroxylation sites is 1. The summed E-state index contributed by atoms with van der Waals surface area (Å²) in [6.07, 6.45) is -3.07. The molecule has 2 N–H and O–H groups in total. The van der Waals surface area contributed by atoms with Crippen LogP contribution in [0.15, 0.2) is 77.9 Å². The van der Waals surface area contributed by atoms with Gasteiger partial charge in [-0.1, -0.05) is 30.3 Å². The number of alkyl halides is 3. The number of nitrogens with one attached hydrogen (secondary N) is 2. The Morgan fingerprint density at radius 3 is 2.50 bits per heavy atom. The van der Waals surface area contributed by atoms with Crippen LogP contribution in [0.3, 0.4) is 0 Å². The molecule has 1 heterocycles. The van der Waals surface area contributed by atoms with Gasteiger partial charge in [0.05, 0.1) is 24.7 Å². The zero-order valence-corrected chi connectivity index (χ0v) is 22.5. The molecular formula is C29H24F3N5O2S. The van der Waals surface area contributed by atoms with Crippen molar-refractivity contribution in [2.24, 2.45) is 12.1 Å². The summed E-state index contributed by atoms with van der Waals surface area (Å²) in [4.78, 5) is 0. The number of fused-ring (bicyclic) bond motifs is 3. The van der Waals surface area contributed by atoms with Crippen molar-refractivity contribution >= 4 is 50.9 Å². The molecule has 5 aromatic rings. The SMILES string of the molecule is COc1cccc(C)c1NC(=S)NN=Cc1ccc2c(ccc3c(-c4ccc(OC(F)(F)F)cc4)n(C)nc32)c1. The van der Waals surface area contributed by atoms with E-state index in [0.717, 1.165) is 49.7 Å². The number of benzene rings is 4. The minimum atomic E-state index is -4.74. The van der Waals surface area contributed by atoms with Crippen molar-refractivity contribution in [3.8, 4) is 22.8 Å². The van der Waals surface area contributed by atoms with Crippen LogP contribution in [0.5, 0.6) is 11.5 Å². The Balaban J connectivity index is 1.35. The molecule has 0 spiro atoms. The first kappa shape index (κ1) is 26.9. The third-order valence-corrected chi connectivity index (χ3v) is 6.47. The monoisotopic (exact) mass is 563 g/mol. The molecule has 7 nitrogen and oxygen atoms in total. The van der Waals surface area contributed by atoms with Crippen LogP contribution in [0.2, 0.25) is 0 Å². The highest BCUT2D eigenvalue weighted by Crippen LogP contribution is 2.34. The molecule has 0 bridgehead atoms. The molecule has 0 aliphatic heterocycles. The second kappa shape index (κ2) is 10.9. The first-order valence-corrected chi connectivity index (χ1v) is 12.5. The van der Waals surface area contributed by atoms with E-state index in [1.54, 1.807) is 37.2 Å². The second-order valence-corrected chi connectivity index (χ2v) is 9.37. The maximum absolute atomic E-state index is 12.5. The van der Waals surface area contributed by atoms with E-state index >= 15 is 0 Å². The number of nitrogens with zero attached hydrogens (tertiary/aromatic N) is 3. The molecular weight excluding hydrogens is 539 g/mol. The number of halogens is 3. The minimum absolute atomic E-state index is 0.275. The van der Waals surface area contributed by atoms with E-state index in [1.165, 1.54) is 12.1 Å². The van der Waals surface area contributed by atoms with Gasteiger partial charge in [-0.15, -0.1) is 13.2 Å². The highest BCUT2D eigenvalue weighted by molar-refractivity contribution is 7.80. The molecule has 11 heteroatoms. The first-order valence-electron chi connectivity index (χ1n) is 12.1. The van der Waals surface area contributed by atoms with Crippen molar-refractivity contribution in [3.63, 3.8) is 0 Å². The van der Waals surface area contributed by atoms with Gasteiger partial charge in [-0.2, -0.15) is 10.2 Å². The Morgan fingerprint density at radius 1 is 1.02 bits per heavy atom. The molecule has 0 atom stereocenters. The van der Waals surface area contributed by atoms with Crippen molar-refractivity contribution in [1.82, 2.24) is 15.2 Å². The summed E-state index contributed by atoms with van der Waals surface area (Å²) in [7, 11) is 3.40. The topological polar surface area (TPSA) is 72.7 Å². The Kier molecular flexibility index (Phi) is 7.31. The zero-order valence-electron chi connectivity index (χ0n) is 21.7. The van der Waals surface area contributed by atoms with Crippen LogP contribution >= 0.6 is 12.2 Å². The minimum Gasteiger partial charge on any atom is -0.495 e. The lowest BCUT2D eigenvalue weighted by Crippen LogP contribution is -2.24. The normalized spacial score (nSPS) is 11.8. The van der Waals surface area contributed by atoms with Gasteiger partial charge in [-0.05, 0) is 78.1 Å². The van der Waals surface area contributed by atoms with Gasteiger partial charge >= 0.3 is 6.36 Å². The number of hydrazone groups is 1. The Bertz CT molecular complexity index is 1750. The molecule has 0 saturated carbocycles. The molecule has 0 saturated heterocycles. The smallest absolute Gasteiger partial charge is 0.495 e. The molecule has 1 aromatic heterocycles. The van der Waals surface area contributed by atoms with Crippen LogP contribution in [0.25, 0.3) is 32.9 Å². The average Bonchev–Trinajstić information content (AvgIpc) is 3.25. The molecule has 0 unspecified atom stereocenters. The predicted octanol–water partition coefficient (Wildman–Crippen LogP) is 6.93. The summed E-state index contributed by atoms with van der Waals surface area (Å²) in [5.74, 6) is 0.405. The highest BCUT2D eigenvalue weighted by Gasteiger charge is 2.31. The number of hydrogen-bond acceptors (Lipinski definition) is 5. The Labute approximate surface area is 233 Å². The molecule has 0 radical (unpaired) electrons. The first-order chi connectivity index (χ1) is 19.1. The van der Waals surface area contributed by atoms with E-state index in [-0.39, 0.29) is 5.75 Å². The van der Waals surface area contributed by atoms with E-state index < -0.39 is 6.36 Å². The van der Waals surface area contributed by atoms with E-state index in [1.807, 2.05) is 55.5 Å². The van der Waals surface area contributed by atoms with Crippen LogP contribution in [0.4, 0.5) is 18.9 Å². The fourth-order valence-corrected chi connectivity index (χ4v) is 4.67. The summed E-state index contributed by atoms with van der Waals surface area (Å²) in [5.41, 5.74) is 7.73. The predicted molar refractivity (Wildman–Crippen MR) is 155 cm³/mol. The van der Waals surface area contributed by atoms with Gasteiger partial charge in [-0.25, -0.2) is 0 Å². The van der Waals surface area contributed by atoms with E-state index in [0.29, 0.717) is 10.9 Å².